The van der Waals surface area contributed by atoms with Crippen LogP contribution in [0.15, 0.2) is 0 Å². The van der Waals surface area contributed by atoms with E-state index >= 15 is 0 Å². The average molecular weight is 274 g/mol. The van der Waals surface area contributed by atoms with Gasteiger partial charge in [0.1, 0.15) is 0 Å². The van der Waals surface area contributed by atoms with E-state index in [1.165, 1.54) is 0 Å². The molecule has 108 valence electrons. The molecule has 19 heavy (non-hydrogen) atoms. The van der Waals surface area contributed by atoms with Gasteiger partial charge in [0.25, 0.3) is 0 Å². The summed E-state index contributed by atoms with van der Waals surface area (Å²) in [5, 5.41) is 19.7. The lowest BCUT2D eigenvalue weighted by Gasteiger charge is -2.29. The maximum Gasteiger partial charge on any atom is 0.507 e. The van der Waals surface area contributed by atoms with Crippen molar-refractivity contribution in [2.24, 2.45) is 5.73 Å². The zero-order valence-corrected chi connectivity index (χ0v) is 10.4. The molecule has 5 N–H and O–H groups in total. The molecule has 0 aromatic heterocycles. The van der Waals surface area contributed by atoms with Gasteiger partial charge >= 0.3 is 12.1 Å². The van der Waals surface area contributed by atoms with Crippen molar-refractivity contribution >= 4 is 18.0 Å². The Hall–Kier alpha value is -1.83. The van der Waals surface area contributed by atoms with E-state index in [2.05, 4.69) is 5.32 Å². The molecule has 0 heterocycles. The molecule has 1 aliphatic carbocycles. The minimum atomic E-state index is -1.46. The van der Waals surface area contributed by atoms with Gasteiger partial charge in [-0.05, 0) is 19.3 Å². The third-order valence-corrected chi connectivity index (χ3v) is 3.05. The highest BCUT2D eigenvalue weighted by molar-refractivity contribution is 5.83. The lowest BCUT2D eigenvalue weighted by Crippen LogP contribution is -2.54. The summed E-state index contributed by atoms with van der Waals surface area (Å²) in [6, 6.07) is -0.994. The number of ether oxygens (including phenoxy) is 1. The number of aliphatic carboxylic acids is 1. The van der Waals surface area contributed by atoms with Crippen LogP contribution in [0.1, 0.15) is 38.5 Å². The Morgan fingerprint density at radius 1 is 1.26 bits per heavy atom. The van der Waals surface area contributed by atoms with Crippen LogP contribution in [0.5, 0.6) is 0 Å². The molecule has 0 aliphatic heterocycles. The molecular weight excluding hydrogens is 256 g/mol. The van der Waals surface area contributed by atoms with Gasteiger partial charge in [0.2, 0.25) is 5.91 Å². The van der Waals surface area contributed by atoms with Gasteiger partial charge in [-0.25, -0.2) is 4.79 Å². The number of nitrogens with two attached hydrogens (primary N) is 1. The van der Waals surface area contributed by atoms with Crippen molar-refractivity contribution in [2.45, 2.75) is 50.3 Å². The fraction of sp³-hybridized carbons (Fsp3) is 0.727. The van der Waals surface area contributed by atoms with E-state index in [0.29, 0.717) is 12.8 Å². The first kappa shape index (κ1) is 15.2. The lowest BCUT2D eigenvalue weighted by atomic mass is 10.1. The number of hydrogen-bond acceptors (Lipinski definition) is 5. The molecule has 0 aromatic rings. The Bertz CT molecular complexity index is 364. The monoisotopic (exact) mass is 274 g/mol. The minimum absolute atomic E-state index is 0.00961. The normalized spacial score (nSPS) is 18.6. The van der Waals surface area contributed by atoms with Crippen molar-refractivity contribution in [3.05, 3.63) is 0 Å². The van der Waals surface area contributed by atoms with Crippen molar-refractivity contribution < 1.29 is 29.3 Å². The van der Waals surface area contributed by atoms with Crippen molar-refractivity contribution in [1.29, 1.82) is 0 Å². The molecule has 0 spiro atoms. The van der Waals surface area contributed by atoms with E-state index in [1.54, 1.807) is 0 Å². The number of nitrogens with one attached hydrogen (secondary N) is 1. The van der Waals surface area contributed by atoms with E-state index in [9.17, 15) is 14.4 Å². The SMILES string of the molecule is N[C@@H](CCC(=O)O)C(=O)NC1(OC(=O)O)CCCC1. The van der Waals surface area contributed by atoms with Gasteiger partial charge in [0.15, 0.2) is 5.72 Å². The summed E-state index contributed by atoms with van der Waals surface area (Å²) < 4.78 is 4.76. The second-order valence-corrected chi connectivity index (χ2v) is 4.60. The molecule has 0 bridgehead atoms. The summed E-state index contributed by atoms with van der Waals surface area (Å²) in [6.07, 6.45) is 0.607. The van der Waals surface area contributed by atoms with Crippen LogP contribution in [0.4, 0.5) is 4.79 Å². The van der Waals surface area contributed by atoms with Crippen LogP contribution < -0.4 is 11.1 Å². The quantitative estimate of drug-likeness (QED) is 0.402. The predicted octanol–water partition coefficient (Wildman–Crippen LogP) is 0.260. The van der Waals surface area contributed by atoms with E-state index in [-0.39, 0.29) is 12.8 Å². The van der Waals surface area contributed by atoms with Crippen LogP contribution in [0.25, 0.3) is 0 Å². The van der Waals surface area contributed by atoms with Crippen molar-refractivity contribution in [3.63, 3.8) is 0 Å². The number of carboxylic acid groups (broad SMARTS) is 2. The molecule has 1 rings (SSSR count). The first-order chi connectivity index (χ1) is 8.84. The summed E-state index contributed by atoms with van der Waals surface area (Å²) >= 11 is 0. The van der Waals surface area contributed by atoms with E-state index in [4.69, 9.17) is 20.7 Å². The predicted molar refractivity (Wildman–Crippen MR) is 63.3 cm³/mol. The Labute approximate surface area is 109 Å². The third-order valence-electron chi connectivity index (χ3n) is 3.05. The Morgan fingerprint density at radius 2 is 1.84 bits per heavy atom. The number of carboxylic acids is 1. The van der Waals surface area contributed by atoms with Crippen molar-refractivity contribution in [1.82, 2.24) is 5.32 Å². The van der Waals surface area contributed by atoms with Gasteiger partial charge in [0.05, 0.1) is 6.04 Å². The lowest BCUT2D eigenvalue weighted by molar-refractivity contribution is -0.137. The molecule has 1 atom stereocenters. The molecular formula is C11H18N2O6. The van der Waals surface area contributed by atoms with Crippen molar-refractivity contribution in [3.8, 4) is 0 Å². The standard InChI is InChI=1S/C11H18N2O6/c12-7(3-4-8(14)15)9(16)13-11(19-10(17)18)5-1-2-6-11/h7H,1-6,12H2,(H,13,16)(H,14,15)(H,17,18)/t7-/m0/s1. The summed E-state index contributed by atoms with van der Waals surface area (Å²) in [7, 11) is 0. The number of carbonyl (C=O) groups is 3. The summed E-state index contributed by atoms with van der Waals surface area (Å²) in [5.74, 6) is -1.63. The van der Waals surface area contributed by atoms with E-state index < -0.39 is 29.8 Å². The summed E-state index contributed by atoms with van der Waals surface area (Å²) in [4.78, 5) is 32.8. The first-order valence-electron chi connectivity index (χ1n) is 6.06. The molecule has 8 heteroatoms. The van der Waals surface area contributed by atoms with Crippen LogP contribution in [-0.4, -0.2) is 40.0 Å². The fourth-order valence-corrected chi connectivity index (χ4v) is 2.09. The molecule has 8 nitrogen and oxygen atoms in total. The Morgan fingerprint density at radius 3 is 2.32 bits per heavy atom. The smallest absolute Gasteiger partial charge is 0.481 e. The zero-order valence-electron chi connectivity index (χ0n) is 10.4. The fourth-order valence-electron chi connectivity index (χ4n) is 2.09. The molecule has 1 fully saturated rings. The molecule has 1 amide bonds. The number of rotatable bonds is 6. The van der Waals surface area contributed by atoms with Gasteiger partial charge in [0, 0.05) is 19.3 Å². The van der Waals surface area contributed by atoms with Crippen LogP contribution in [0, 0.1) is 0 Å². The van der Waals surface area contributed by atoms with Gasteiger partial charge in [-0.15, -0.1) is 0 Å². The third kappa shape index (κ3) is 4.74. The highest BCUT2D eigenvalue weighted by atomic mass is 16.7. The van der Waals surface area contributed by atoms with Crippen LogP contribution in [0.2, 0.25) is 0 Å². The largest absolute Gasteiger partial charge is 0.507 e. The van der Waals surface area contributed by atoms with Gasteiger partial charge in [-0.2, -0.15) is 0 Å². The zero-order chi connectivity index (χ0) is 14.5. The minimum Gasteiger partial charge on any atom is -0.481 e. The molecule has 0 radical (unpaired) electrons. The topological polar surface area (TPSA) is 139 Å². The number of carbonyl (C=O) groups excluding carboxylic acids is 1. The molecule has 1 aliphatic rings. The Balaban J connectivity index is 2.56. The second kappa shape index (κ2) is 6.37. The maximum atomic E-state index is 11.8. The van der Waals surface area contributed by atoms with Crippen LogP contribution in [0.3, 0.4) is 0 Å². The van der Waals surface area contributed by atoms with E-state index in [0.717, 1.165) is 12.8 Å². The first-order valence-corrected chi connectivity index (χ1v) is 6.06. The average Bonchev–Trinajstić information content (AvgIpc) is 2.72. The number of amides is 1. The molecule has 0 aromatic carbocycles. The van der Waals surface area contributed by atoms with Gasteiger partial charge in [-0.1, -0.05) is 0 Å². The van der Waals surface area contributed by atoms with E-state index in [1.807, 2.05) is 0 Å². The Kier molecular flexibility index (Phi) is 5.11. The van der Waals surface area contributed by atoms with Gasteiger partial charge < -0.3 is 26.0 Å². The van der Waals surface area contributed by atoms with Crippen LogP contribution >= 0.6 is 0 Å². The highest BCUT2D eigenvalue weighted by Gasteiger charge is 2.40. The summed E-state index contributed by atoms with van der Waals surface area (Å²) in [6.45, 7) is 0. The maximum absolute atomic E-state index is 11.8. The van der Waals surface area contributed by atoms with Crippen LogP contribution in [-0.2, 0) is 14.3 Å². The second-order valence-electron chi connectivity index (χ2n) is 4.60. The molecule has 1 saturated carbocycles. The highest BCUT2D eigenvalue weighted by Crippen LogP contribution is 2.31. The number of hydrogen-bond donors (Lipinski definition) is 4. The molecule has 0 unspecified atom stereocenters. The molecule has 0 saturated heterocycles. The summed E-state index contributed by atoms with van der Waals surface area (Å²) in [5.41, 5.74) is 4.34. The van der Waals surface area contributed by atoms with Gasteiger partial charge in [-0.3, -0.25) is 9.59 Å². The van der Waals surface area contributed by atoms with Crippen molar-refractivity contribution in [2.75, 3.05) is 0 Å².